The summed E-state index contributed by atoms with van der Waals surface area (Å²) in [5, 5.41) is 0. The number of sulfonamides is 1. The van der Waals surface area contributed by atoms with Crippen LogP contribution in [0.5, 0.6) is 17.2 Å². The monoisotopic (exact) mass is 561 g/mol. The van der Waals surface area contributed by atoms with E-state index in [0.717, 1.165) is 29.1 Å². The molecule has 0 saturated carbocycles. The Kier molecular flexibility index (Phi) is 8.80. The number of carbonyl (C=O) groups excluding carboxylic acids is 1. The summed E-state index contributed by atoms with van der Waals surface area (Å²) in [6.07, 6.45) is 2.93. The van der Waals surface area contributed by atoms with Gasteiger partial charge in [-0.3, -0.25) is 4.79 Å². The average Bonchev–Trinajstić information content (AvgIpc) is 2.88. The SMILES string of the molecule is CCCCc1ccc(N(C(=O)c2cc(OC)c(OC)c(OC)c2Br)S(=O)(=O)c2ccccc2)cc1. The van der Waals surface area contributed by atoms with Crippen molar-refractivity contribution in [3.63, 3.8) is 0 Å². The van der Waals surface area contributed by atoms with Crippen LogP contribution in [-0.4, -0.2) is 35.7 Å². The van der Waals surface area contributed by atoms with Crippen LogP contribution in [0.2, 0.25) is 0 Å². The van der Waals surface area contributed by atoms with Crippen molar-refractivity contribution in [3.8, 4) is 17.2 Å². The van der Waals surface area contributed by atoms with Crippen LogP contribution in [0.15, 0.2) is 70.0 Å². The number of hydrogen-bond donors (Lipinski definition) is 0. The lowest BCUT2D eigenvalue weighted by molar-refractivity contribution is 0.100. The van der Waals surface area contributed by atoms with E-state index in [-0.39, 0.29) is 37.9 Å². The van der Waals surface area contributed by atoms with Crippen LogP contribution < -0.4 is 18.5 Å². The first-order valence-electron chi connectivity index (χ1n) is 11.0. The Morgan fingerprint density at radius 2 is 1.54 bits per heavy atom. The van der Waals surface area contributed by atoms with E-state index >= 15 is 0 Å². The highest BCUT2D eigenvalue weighted by Crippen LogP contribution is 2.45. The molecule has 0 unspecified atom stereocenters. The molecule has 0 heterocycles. The number of halogens is 1. The van der Waals surface area contributed by atoms with Crippen molar-refractivity contribution in [2.75, 3.05) is 25.6 Å². The van der Waals surface area contributed by atoms with Gasteiger partial charge >= 0.3 is 0 Å². The second kappa shape index (κ2) is 11.6. The lowest BCUT2D eigenvalue weighted by Crippen LogP contribution is -2.37. The number of amides is 1. The molecule has 0 spiro atoms. The van der Waals surface area contributed by atoms with Crippen LogP contribution in [0.25, 0.3) is 0 Å². The van der Waals surface area contributed by atoms with Crippen molar-refractivity contribution in [2.24, 2.45) is 0 Å². The molecule has 0 fully saturated rings. The highest BCUT2D eigenvalue weighted by molar-refractivity contribution is 9.10. The van der Waals surface area contributed by atoms with Crippen molar-refractivity contribution in [3.05, 3.63) is 76.3 Å². The molecule has 7 nitrogen and oxygen atoms in total. The van der Waals surface area contributed by atoms with Gasteiger partial charge in [0, 0.05) is 0 Å². The van der Waals surface area contributed by atoms with Gasteiger partial charge in [0.25, 0.3) is 15.9 Å². The zero-order valence-electron chi connectivity index (χ0n) is 20.1. The smallest absolute Gasteiger partial charge is 0.273 e. The van der Waals surface area contributed by atoms with Gasteiger partial charge in [-0.05, 0) is 64.7 Å². The maximum atomic E-state index is 13.9. The van der Waals surface area contributed by atoms with Crippen LogP contribution in [0.1, 0.15) is 35.7 Å². The number of anilines is 1. The van der Waals surface area contributed by atoms with Crippen molar-refractivity contribution < 1.29 is 27.4 Å². The molecule has 3 rings (SSSR count). The Morgan fingerprint density at radius 1 is 0.914 bits per heavy atom. The van der Waals surface area contributed by atoms with E-state index in [9.17, 15) is 13.2 Å². The summed E-state index contributed by atoms with van der Waals surface area (Å²) in [5.74, 6) is -0.0671. The van der Waals surface area contributed by atoms with Gasteiger partial charge in [-0.25, -0.2) is 8.42 Å². The number of methoxy groups -OCH3 is 3. The highest BCUT2D eigenvalue weighted by Gasteiger charge is 2.35. The third kappa shape index (κ3) is 5.46. The second-order valence-corrected chi connectivity index (χ2v) is 10.2. The van der Waals surface area contributed by atoms with Gasteiger partial charge in [-0.1, -0.05) is 43.7 Å². The van der Waals surface area contributed by atoms with E-state index in [1.807, 2.05) is 12.1 Å². The Balaban J connectivity index is 2.21. The molecule has 0 aliphatic rings. The molecule has 0 N–H and O–H groups in total. The van der Waals surface area contributed by atoms with Gasteiger partial charge in [-0.2, -0.15) is 4.31 Å². The fraction of sp³-hybridized carbons (Fsp3) is 0.269. The summed E-state index contributed by atoms with van der Waals surface area (Å²) in [6, 6.07) is 16.2. The van der Waals surface area contributed by atoms with Crippen molar-refractivity contribution in [2.45, 2.75) is 31.1 Å². The number of carbonyl (C=O) groups is 1. The van der Waals surface area contributed by atoms with Crippen LogP contribution in [-0.2, 0) is 16.4 Å². The Morgan fingerprint density at radius 3 is 2.09 bits per heavy atom. The van der Waals surface area contributed by atoms with Gasteiger partial charge in [0.05, 0.1) is 41.9 Å². The van der Waals surface area contributed by atoms with Gasteiger partial charge < -0.3 is 14.2 Å². The predicted molar refractivity (Wildman–Crippen MR) is 139 cm³/mol. The number of benzene rings is 3. The zero-order chi connectivity index (χ0) is 25.6. The lowest BCUT2D eigenvalue weighted by atomic mass is 10.1. The zero-order valence-corrected chi connectivity index (χ0v) is 22.5. The first-order chi connectivity index (χ1) is 16.8. The van der Waals surface area contributed by atoms with Gasteiger partial charge in [0.15, 0.2) is 11.5 Å². The molecular weight excluding hydrogens is 534 g/mol. The summed E-state index contributed by atoms with van der Waals surface area (Å²) in [6.45, 7) is 2.11. The summed E-state index contributed by atoms with van der Waals surface area (Å²) in [7, 11) is 0.0362. The molecule has 0 radical (unpaired) electrons. The largest absolute Gasteiger partial charge is 0.493 e. The van der Waals surface area contributed by atoms with Crippen LogP contribution in [0, 0.1) is 0 Å². The fourth-order valence-electron chi connectivity index (χ4n) is 3.63. The topological polar surface area (TPSA) is 82.1 Å². The second-order valence-electron chi connectivity index (χ2n) is 7.66. The van der Waals surface area contributed by atoms with Crippen molar-refractivity contribution >= 4 is 37.5 Å². The molecule has 3 aromatic carbocycles. The van der Waals surface area contributed by atoms with Gasteiger partial charge in [-0.15, -0.1) is 0 Å². The average molecular weight is 562 g/mol. The van der Waals surface area contributed by atoms with Crippen molar-refractivity contribution in [1.29, 1.82) is 0 Å². The molecule has 186 valence electrons. The van der Waals surface area contributed by atoms with E-state index in [1.54, 1.807) is 30.3 Å². The van der Waals surface area contributed by atoms with E-state index in [2.05, 4.69) is 22.9 Å². The lowest BCUT2D eigenvalue weighted by Gasteiger charge is -2.24. The quantitative estimate of drug-likeness (QED) is 0.308. The first kappa shape index (κ1) is 26.6. The first-order valence-corrected chi connectivity index (χ1v) is 13.3. The minimum atomic E-state index is -4.25. The van der Waals surface area contributed by atoms with E-state index in [1.165, 1.54) is 39.5 Å². The van der Waals surface area contributed by atoms with Crippen LogP contribution in [0.4, 0.5) is 5.69 Å². The minimum absolute atomic E-state index is 0.00743. The molecule has 35 heavy (non-hydrogen) atoms. The molecule has 3 aromatic rings. The Hall–Kier alpha value is -3.04. The maximum absolute atomic E-state index is 13.9. The molecule has 0 aliphatic heterocycles. The summed E-state index contributed by atoms with van der Waals surface area (Å²) in [5.41, 5.74) is 1.32. The molecule has 0 aromatic heterocycles. The van der Waals surface area contributed by atoms with E-state index < -0.39 is 15.9 Å². The Labute approximate surface area is 214 Å². The number of rotatable bonds is 10. The van der Waals surface area contributed by atoms with E-state index in [0.29, 0.717) is 0 Å². The summed E-state index contributed by atoms with van der Waals surface area (Å²) in [4.78, 5) is 13.9. The standard InChI is InChI=1S/C26H28BrNO6S/c1-5-6-10-18-13-15-19(16-14-18)28(35(30,31)20-11-8-7-9-12-20)26(29)21-17-22(32-2)24(33-3)25(34-4)23(21)27/h7-9,11-17H,5-6,10H2,1-4H3. The maximum Gasteiger partial charge on any atom is 0.273 e. The van der Waals surface area contributed by atoms with Crippen LogP contribution in [0.3, 0.4) is 0 Å². The van der Waals surface area contributed by atoms with Crippen LogP contribution >= 0.6 is 15.9 Å². The fourth-order valence-corrected chi connectivity index (χ4v) is 5.68. The molecule has 1 amide bonds. The number of aryl methyl sites for hydroxylation is 1. The van der Waals surface area contributed by atoms with E-state index in [4.69, 9.17) is 14.2 Å². The molecule has 9 heteroatoms. The normalized spacial score (nSPS) is 11.1. The Bertz CT molecular complexity index is 1280. The predicted octanol–water partition coefficient (Wildman–Crippen LogP) is 5.85. The van der Waals surface area contributed by atoms with Gasteiger partial charge in [0.2, 0.25) is 5.75 Å². The number of nitrogens with zero attached hydrogens (tertiary/aromatic N) is 1. The number of hydrogen-bond acceptors (Lipinski definition) is 6. The molecular formula is C26H28BrNO6S. The number of ether oxygens (including phenoxy) is 3. The molecule has 0 bridgehead atoms. The van der Waals surface area contributed by atoms with Gasteiger partial charge in [0.1, 0.15) is 0 Å². The molecule has 0 aliphatic carbocycles. The third-order valence-corrected chi connectivity index (χ3v) is 7.97. The summed E-state index contributed by atoms with van der Waals surface area (Å²) >= 11 is 3.40. The molecule has 0 atom stereocenters. The minimum Gasteiger partial charge on any atom is -0.493 e. The highest BCUT2D eigenvalue weighted by atomic mass is 79.9. The number of unbranched alkanes of at least 4 members (excludes halogenated alkanes) is 1. The molecule has 0 saturated heterocycles. The summed E-state index contributed by atoms with van der Waals surface area (Å²) < 4.78 is 44.8. The third-order valence-electron chi connectivity index (χ3n) is 5.46. The van der Waals surface area contributed by atoms with Crippen molar-refractivity contribution in [1.82, 2.24) is 0 Å².